The molecule has 140 valence electrons. The molecule has 2 amide bonds. The van der Waals surface area contributed by atoms with Gasteiger partial charge in [0.05, 0.1) is 19.0 Å². The van der Waals surface area contributed by atoms with E-state index in [4.69, 9.17) is 14.6 Å². The van der Waals surface area contributed by atoms with Gasteiger partial charge in [0.1, 0.15) is 11.5 Å². The summed E-state index contributed by atoms with van der Waals surface area (Å²) in [5, 5.41) is 14.8. The van der Waals surface area contributed by atoms with Gasteiger partial charge in [-0.05, 0) is 24.3 Å². The molecule has 0 saturated heterocycles. The van der Waals surface area contributed by atoms with Crippen LogP contribution in [0.4, 0.5) is 5.69 Å². The predicted molar refractivity (Wildman–Crippen MR) is 96.9 cm³/mol. The normalized spacial score (nSPS) is 10.3. The summed E-state index contributed by atoms with van der Waals surface area (Å²) in [6.45, 7) is -0.515. The first kappa shape index (κ1) is 19.4. The van der Waals surface area contributed by atoms with E-state index < -0.39 is 24.4 Å². The van der Waals surface area contributed by atoms with Crippen LogP contribution in [-0.4, -0.2) is 42.8 Å². The van der Waals surface area contributed by atoms with Gasteiger partial charge in [-0.15, -0.1) is 0 Å². The number of amides is 2. The van der Waals surface area contributed by atoms with E-state index in [2.05, 4.69) is 15.8 Å². The number of aliphatic carboxylic acids is 1. The molecule has 0 atom stereocenters. The molecule has 0 saturated carbocycles. The van der Waals surface area contributed by atoms with Crippen LogP contribution in [0.3, 0.4) is 0 Å². The summed E-state index contributed by atoms with van der Waals surface area (Å²) in [5.74, 6) is -2.35. The van der Waals surface area contributed by atoms with Crippen LogP contribution in [0.15, 0.2) is 53.6 Å². The second-order valence-corrected chi connectivity index (χ2v) is 5.07. The SMILES string of the molecule is COc1ccccc1NC(=O)C(=O)N/N=C\c1ccccc1OCC(=O)O. The van der Waals surface area contributed by atoms with Crippen molar-refractivity contribution in [2.24, 2.45) is 5.10 Å². The maximum absolute atomic E-state index is 11.9. The number of hydrogen-bond acceptors (Lipinski definition) is 6. The van der Waals surface area contributed by atoms with Crippen molar-refractivity contribution < 1.29 is 29.0 Å². The first-order valence-corrected chi connectivity index (χ1v) is 7.72. The molecule has 0 radical (unpaired) electrons. The highest BCUT2D eigenvalue weighted by molar-refractivity contribution is 6.39. The fourth-order valence-corrected chi connectivity index (χ4v) is 2.00. The minimum absolute atomic E-state index is 0.274. The largest absolute Gasteiger partial charge is 0.495 e. The number of carboxylic acids is 1. The van der Waals surface area contributed by atoms with Crippen molar-refractivity contribution in [1.82, 2.24) is 5.43 Å². The molecule has 2 aromatic carbocycles. The Kier molecular flexibility index (Phi) is 6.89. The van der Waals surface area contributed by atoms with E-state index in [0.29, 0.717) is 17.0 Å². The van der Waals surface area contributed by atoms with Crippen LogP contribution in [0.25, 0.3) is 0 Å². The van der Waals surface area contributed by atoms with Crippen LogP contribution in [0.5, 0.6) is 11.5 Å². The lowest BCUT2D eigenvalue weighted by atomic mass is 10.2. The number of rotatable bonds is 7. The maximum Gasteiger partial charge on any atom is 0.341 e. The zero-order chi connectivity index (χ0) is 19.6. The third-order valence-corrected chi connectivity index (χ3v) is 3.20. The van der Waals surface area contributed by atoms with Gasteiger partial charge in [0, 0.05) is 5.56 Å². The number of methoxy groups -OCH3 is 1. The molecule has 2 rings (SSSR count). The molecule has 0 aliphatic heterocycles. The van der Waals surface area contributed by atoms with Crippen LogP contribution >= 0.6 is 0 Å². The molecule has 0 heterocycles. The standard InChI is InChI=1S/C18H17N3O6/c1-26-15-9-5-3-7-13(15)20-17(24)18(25)21-19-10-12-6-2-4-8-14(12)27-11-16(22)23/h2-10H,11H2,1H3,(H,20,24)(H,21,25)(H,22,23)/b19-10-. The molecular formula is C18H17N3O6. The van der Waals surface area contributed by atoms with Crippen LogP contribution in [0.2, 0.25) is 0 Å². The van der Waals surface area contributed by atoms with Crippen LogP contribution in [0, 0.1) is 0 Å². The fraction of sp³-hybridized carbons (Fsp3) is 0.111. The molecule has 0 aliphatic carbocycles. The van der Waals surface area contributed by atoms with Gasteiger partial charge >= 0.3 is 17.8 Å². The Morgan fingerprint density at radius 1 is 1.04 bits per heavy atom. The molecule has 9 heteroatoms. The fourth-order valence-electron chi connectivity index (χ4n) is 2.00. The van der Waals surface area contributed by atoms with E-state index in [1.54, 1.807) is 48.5 Å². The molecular weight excluding hydrogens is 354 g/mol. The molecule has 0 unspecified atom stereocenters. The number of ether oxygens (including phenoxy) is 2. The van der Waals surface area contributed by atoms with E-state index in [1.807, 2.05) is 0 Å². The van der Waals surface area contributed by atoms with Crippen molar-refractivity contribution >= 4 is 29.7 Å². The topological polar surface area (TPSA) is 126 Å². The van der Waals surface area contributed by atoms with Gasteiger partial charge in [-0.1, -0.05) is 24.3 Å². The highest BCUT2D eigenvalue weighted by Gasteiger charge is 2.15. The third-order valence-electron chi connectivity index (χ3n) is 3.20. The highest BCUT2D eigenvalue weighted by atomic mass is 16.5. The summed E-state index contributed by atoms with van der Waals surface area (Å²) in [5.41, 5.74) is 2.86. The summed E-state index contributed by atoms with van der Waals surface area (Å²) >= 11 is 0. The molecule has 3 N–H and O–H groups in total. The Morgan fingerprint density at radius 3 is 2.41 bits per heavy atom. The minimum Gasteiger partial charge on any atom is -0.495 e. The van der Waals surface area contributed by atoms with Crippen molar-refractivity contribution in [3.8, 4) is 11.5 Å². The number of nitrogens with one attached hydrogen (secondary N) is 2. The van der Waals surface area contributed by atoms with E-state index in [0.717, 1.165) is 0 Å². The van der Waals surface area contributed by atoms with Gasteiger partial charge in [-0.25, -0.2) is 10.2 Å². The average Bonchev–Trinajstić information content (AvgIpc) is 2.67. The number of anilines is 1. The highest BCUT2D eigenvalue weighted by Crippen LogP contribution is 2.22. The second kappa shape index (κ2) is 9.56. The first-order chi connectivity index (χ1) is 13.0. The van der Waals surface area contributed by atoms with E-state index >= 15 is 0 Å². The quantitative estimate of drug-likeness (QED) is 0.382. The number of carbonyl (C=O) groups is 3. The smallest absolute Gasteiger partial charge is 0.341 e. The number of benzene rings is 2. The number of carbonyl (C=O) groups excluding carboxylic acids is 2. The predicted octanol–water partition coefficient (Wildman–Crippen LogP) is 1.25. The molecule has 0 aliphatic rings. The van der Waals surface area contributed by atoms with Crippen molar-refractivity contribution in [3.63, 3.8) is 0 Å². The monoisotopic (exact) mass is 371 g/mol. The molecule has 0 spiro atoms. The number of hydrogen-bond donors (Lipinski definition) is 3. The molecule has 27 heavy (non-hydrogen) atoms. The molecule has 2 aromatic rings. The van der Waals surface area contributed by atoms with Gasteiger partial charge in [0.2, 0.25) is 0 Å². The lowest BCUT2D eigenvalue weighted by Crippen LogP contribution is -2.32. The minimum atomic E-state index is -1.12. The van der Waals surface area contributed by atoms with Crippen molar-refractivity contribution in [1.29, 1.82) is 0 Å². The number of carboxylic acid groups (broad SMARTS) is 1. The summed E-state index contributed by atoms with van der Waals surface area (Å²) in [4.78, 5) is 34.4. The van der Waals surface area contributed by atoms with E-state index in [1.165, 1.54) is 13.3 Å². The van der Waals surface area contributed by atoms with Crippen LogP contribution in [0.1, 0.15) is 5.56 Å². The van der Waals surface area contributed by atoms with E-state index in [9.17, 15) is 14.4 Å². The average molecular weight is 371 g/mol. The molecule has 9 nitrogen and oxygen atoms in total. The Labute approximate surface area is 154 Å². The summed E-state index contributed by atoms with van der Waals surface area (Å²) < 4.78 is 10.2. The lowest BCUT2D eigenvalue weighted by Gasteiger charge is -2.08. The van der Waals surface area contributed by atoms with Gasteiger partial charge in [-0.3, -0.25) is 9.59 Å². The Balaban J connectivity index is 1.97. The second-order valence-electron chi connectivity index (χ2n) is 5.07. The van der Waals surface area contributed by atoms with Crippen LogP contribution < -0.4 is 20.2 Å². The Hall–Kier alpha value is -3.88. The Morgan fingerprint density at radius 2 is 1.70 bits per heavy atom. The first-order valence-electron chi connectivity index (χ1n) is 7.72. The van der Waals surface area contributed by atoms with Crippen LogP contribution in [-0.2, 0) is 14.4 Å². The molecule has 0 aromatic heterocycles. The van der Waals surface area contributed by atoms with Crippen molar-refractivity contribution in [2.75, 3.05) is 19.0 Å². The Bertz CT molecular complexity index is 866. The van der Waals surface area contributed by atoms with Crippen molar-refractivity contribution in [2.45, 2.75) is 0 Å². The number of nitrogens with zero attached hydrogens (tertiary/aromatic N) is 1. The number of para-hydroxylation sites is 3. The zero-order valence-electron chi connectivity index (χ0n) is 14.3. The van der Waals surface area contributed by atoms with Gasteiger partial charge in [0.25, 0.3) is 0 Å². The van der Waals surface area contributed by atoms with E-state index in [-0.39, 0.29) is 5.75 Å². The maximum atomic E-state index is 11.9. The lowest BCUT2D eigenvalue weighted by molar-refractivity contribution is -0.139. The summed E-state index contributed by atoms with van der Waals surface area (Å²) in [7, 11) is 1.44. The summed E-state index contributed by atoms with van der Waals surface area (Å²) in [6.07, 6.45) is 1.24. The zero-order valence-corrected chi connectivity index (χ0v) is 14.3. The molecule has 0 bridgehead atoms. The summed E-state index contributed by atoms with van der Waals surface area (Å²) in [6, 6.07) is 13.1. The third kappa shape index (κ3) is 5.85. The van der Waals surface area contributed by atoms with Gasteiger partial charge in [-0.2, -0.15) is 5.10 Å². The van der Waals surface area contributed by atoms with Gasteiger partial charge < -0.3 is 19.9 Å². The van der Waals surface area contributed by atoms with Gasteiger partial charge in [0.15, 0.2) is 6.61 Å². The van der Waals surface area contributed by atoms with Crippen molar-refractivity contribution in [3.05, 3.63) is 54.1 Å². The molecule has 0 fully saturated rings. The number of hydrazone groups is 1.